The summed E-state index contributed by atoms with van der Waals surface area (Å²) in [7, 11) is 0. The molecule has 4 nitrogen and oxygen atoms in total. The van der Waals surface area contributed by atoms with E-state index in [2.05, 4.69) is 228 Å². The summed E-state index contributed by atoms with van der Waals surface area (Å²) < 4.78 is 2.23. The van der Waals surface area contributed by atoms with Gasteiger partial charge in [-0.3, -0.25) is 9.55 Å². The largest absolute Gasteiger partial charge is 0.507 e. The molecule has 2 heterocycles. The fourth-order valence-corrected chi connectivity index (χ4v) is 10.2. The Labute approximate surface area is 416 Å². The molecule has 69 heavy (non-hydrogen) atoms. The molecule has 12 rings (SSSR count). The van der Waals surface area contributed by atoms with Gasteiger partial charge in [0.15, 0.2) is 0 Å². The maximum atomic E-state index is 12.5. The Kier molecular flexibility index (Phi) is 10.7. The summed E-state index contributed by atoms with van der Waals surface area (Å²) in [6, 6.07) is 69.3. The molecule has 12 aromatic rings. The van der Waals surface area contributed by atoms with Crippen molar-refractivity contribution in [2.45, 2.75) is 52.4 Å². The number of hydrogen-bond donors (Lipinski definition) is 1. The average molecular weight is 1070 g/mol. The van der Waals surface area contributed by atoms with Crippen LogP contribution in [0.15, 0.2) is 188 Å². The third-order valence-corrected chi connectivity index (χ3v) is 13.9. The summed E-state index contributed by atoms with van der Waals surface area (Å²) in [5.41, 5.74) is 9.90. The first-order valence-corrected chi connectivity index (χ1v) is 23.5. The number of phenols is 1. The standard InChI is InChI=1S/C64H50N3O.Pt/c1-63(2,3)47-35-56(61(68)57(36-47)64(4,5)6)62-66-60-52(25-14-26-59(60)67(62)48-29-27-40(28-30-48)39-15-8-7-9-16-39)55-34-46-33-54-50(23-13-24-51(54)55)44-20-11-18-42(32-44)41-17-10-19-43(31-41)49-22-12-21-45-38-65-58(46)37-53(45)49;/h7-33,35-38,68H,1-6H3;/q-1;. The molecular formula is C64H50N3OPt-. The molecule has 1 N–H and O–H groups in total. The number of aromatic hydroxyl groups is 1. The van der Waals surface area contributed by atoms with Crippen molar-refractivity contribution in [1.82, 2.24) is 14.5 Å². The number of aromatic nitrogens is 3. The number of hydrogen-bond acceptors (Lipinski definition) is 3. The van der Waals surface area contributed by atoms with Crippen LogP contribution in [-0.2, 0) is 31.9 Å². The van der Waals surface area contributed by atoms with Crippen molar-refractivity contribution in [1.29, 1.82) is 0 Å². The van der Waals surface area contributed by atoms with E-state index < -0.39 is 0 Å². The van der Waals surface area contributed by atoms with E-state index in [1.807, 2.05) is 12.3 Å². The topological polar surface area (TPSA) is 50.9 Å². The number of fused-ring (bicyclic) bond motifs is 11. The van der Waals surface area contributed by atoms with Crippen molar-refractivity contribution in [3.05, 3.63) is 205 Å². The number of rotatable bonds is 4. The second-order valence-electron chi connectivity index (χ2n) is 20.4. The van der Waals surface area contributed by atoms with Gasteiger partial charge in [0.25, 0.3) is 0 Å². The minimum absolute atomic E-state index is 0. The van der Waals surface area contributed by atoms with Gasteiger partial charge in [-0.15, -0.1) is 17.7 Å². The summed E-state index contributed by atoms with van der Waals surface area (Å²) in [6.45, 7) is 13.2. The van der Waals surface area contributed by atoms with Crippen molar-refractivity contribution >= 4 is 75.8 Å². The van der Waals surface area contributed by atoms with Gasteiger partial charge in [-0.05, 0) is 107 Å². The molecule has 0 aliphatic carbocycles. The Morgan fingerprint density at radius 1 is 0.493 bits per heavy atom. The Morgan fingerprint density at radius 2 is 1.10 bits per heavy atom. The zero-order valence-electron chi connectivity index (χ0n) is 39.5. The predicted molar refractivity (Wildman–Crippen MR) is 287 cm³/mol. The van der Waals surface area contributed by atoms with Crippen LogP contribution in [0.5, 0.6) is 5.75 Å². The zero-order valence-corrected chi connectivity index (χ0v) is 41.8. The van der Waals surface area contributed by atoms with Crippen LogP contribution in [0.4, 0.5) is 0 Å². The maximum Gasteiger partial charge on any atom is 0.148 e. The molecule has 10 aromatic carbocycles. The molecule has 0 atom stereocenters. The Morgan fingerprint density at radius 3 is 1.80 bits per heavy atom. The van der Waals surface area contributed by atoms with Crippen molar-refractivity contribution in [3.63, 3.8) is 0 Å². The molecule has 0 radical (unpaired) electrons. The second-order valence-corrected chi connectivity index (χ2v) is 20.4. The fraction of sp³-hybridized carbons (Fsp3) is 0.125. The van der Waals surface area contributed by atoms with E-state index >= 15 is 0 Å². The smallest absolute Gasteiger partial charge is 0.148 e. The van der Waals surface area contributed by atoms with E-state index in [1.165, 1.54) is 5.39 Å². The average Bonchev–Trinajstić information content (AvgIpc) is 3.75. The molecule has 0 fully saturated rings. The summed E-state index contributed by atoms with van der Waals surface area (Å²) >= 11 is 0. The first-order chi connectivity index (χ1) is 32.9. The minimum atomic E-state index is -0.329. The van der Waals surface area contributed by atoms with Crippen molar-refractivity contribution in [3.8, 4) is 45.1 Å². The molecule has 0 aliphatic heterocycles. The first kappa shape index (κ1) is 44.1. The molecular weight excluding hydrogens is 1020 g/mol. The summed E-state index contributed by atoms with van der Waals surface area (Å²) in [4.78, 5) is 10.8. The van der Waals surface area contributed by atoms with Gasteiger partial charge in [-0.25, -0.2) is 4.98 Å². The number of phenolic OH excluding ortho intramolecular Hbond substituents is 1. The Bertz CT molecular complexity index is 4040. The van der Waals surface area contributed by atoms with Crippen LogP contribution in [0, 0.1) is 6.07 Å². The van der Waals surface area contributed by atoms with Gasteiger partial charge in [0.1, 0.15) is 11.6 Å². The normalized spacial score (nSPS) is 12.1. The van der Waals surface area contributed by atoms with Crippen LogP contribution >= 0.6 is 0 Å². The summed E-state index contributed by atoms with van der Waals surface area (Å²) in [5.74, 6) is 0.921. The molecule has 0 amide bonds. The van der Waals surface area contributed by atoms with Crippen LogP contribution in [-0.4, -0.2) is 19.6 Å². The Balaban J connectivity index is 0.00000520. The van der Waals surface area contributed by atoms with Gasteiger partial charge in [0.2, 0.25) is 0 Å². The molecule has 338 valence electrons. The van der Waals surface area contributed by atoms with E-state index in [0.717, 1.165) is 109 Å². The third-order valence-electron chi connectivity index (χ3n) is 13.9. The van der Waals surface area contributed by atoms with Crippen LogP contribution in [0.3, 0.4) is 0 Å². The molecule has 5 heteroatoms. The SMILES string of the molecule is CC(C)(C)c1cc(-c2nc3c(-c4[c-]c5cc6c4cccc6c4cccc(c4)c4cccc(c4)c4cccc6cnc5cc64)cccc3n2-c2ccc(-c3ccccc3)cc2)c(O)c(C(C)(C)C)c1.[Pt]. The summed E-state index contributed by atoms with van der Waals surface area (Å²) in [6.07, 6.45) is 2.00. The maximum absolute atomic E-state index is 12.5. The van der Waals surface area contributed by atoms with Gasteiger partial charge in [0, 0.05) is 44.0 Å². The molecule has 0 saturated carbocycles. The second kappa shape index (κ2) is 16.7. The van der Waals surface area contributed by atoms with Crippen molar-refractivity contribution < 1.29 is 26.2 Å². The third kappa shape index (κ3) is 7.59. The number of para-hydroxylation sites is 1. The molecule has 8 bridgehead atoms. The summed E-state index contributed by atoms with van der Waals surface area (Å²) in [5, 5.41) is 24.7. The van der Waals surface area contributed by atoms with Gasteiger partial charge >= 0.3 is 0 Å². The number of benzene rings is 9. The van der Waals surface area contributed by atoms with E-state index in [-0.39, 0.29) is 37.6 Å². The first-order valence-electron chi connectivity index (χ1n) is 23.5. The minimum Gasteiger partial charge on any atom is -0.507 e. The van der Waals surface area contributed by atoms with Crippen LogP contribution in [0.25, 0.3) is 115 Å². The van der Waals surface area contributed by atoms with Crippen molar-refractivity contribution in [2.75, 3.05) is 0 Å². The van der Waals surface area contributed by atoms with Gasteiger partial charge < -0.3 is 5.11 Å². The van der Waals surface area contributed by atoms with Crippen molar-refractivity contribution in [2.24, 2.45) is 0 Å². The van der Waals surface area contributed by atoms with Gasteiger partial charge in [-0.2, -0.15) is 0 Å². The molecule has 0 saturated heterocycles. The molecule has 0 unspecified atom stereocenters. The Hall–Kier alpha value is -7.39. The monoisotopic (exact) mass is 1070 g/mol. The van der Waals surface area contributed by atoms with Gasteiger partial charge in [-0.1, -0.05) is 203 Å². The molecule has 2 aromatic heterocycles. The number of pyridine rings is 1. The zero-order chi connectivity index (χ0) is 46.5. The van der Waals surface area contributed by atoms with Gasteiger partial charge in [0.05, 0.1) is 16.6 Å². The number of imidazole rings is 1. The van der Waals surface area contributed by atoms with Crippen LogP contribution in [0.1, 0.15) is 52.7 Å². The van der Waals surface area contributed by atoms with E-state index in [1.54, 1.807) is 0 Å². The van der Waals surface area contributed by atoms with Crippen LogP contribution < -0.4 is 0 Å². The number of nitrogens with zero attached hydrogens (tertiary/aromatic N) is 3. The van der Waals surface area contributed by atoms with E-state index in [9.17, 15) is 5.11 Å². The van der Waals surface area contributed by atoms with E-state index in [4.69, 9.17) is 9.97 Å². The predicted octanol–water partition coefficient (Wildman–Crippen LogP) is 17.0. The fourth-order valence-electron chi connectivity index (χ4n) is 10.2. The van der Waals surface area contributed by atoms with Crippen LogP contribution in [0.2, 0.25) is 0 Å². The molecule has 0 spiro atoms. The molecule has 0 aliphatic rings. The van der Waals surface area contributed by atoms with E-state index in [0.29, 0.717) is 11.4 Å². The quantitative estimate of drug-likeness (QED) is 0.179.